The van der Waals surface area contributed by atoms with Crippen LogP contribution in [0.5, 0.6) is 0 Å². The SMILES string of the molecule is CCN1CC=C(B(O)O)CC1. The molecule has 0 saturated heterocycles. The summed E-state index contributed by atoms with van der Waals surface area (Å²) in [6.45, 7) is 4.93. The highest BCUT2D eigenvalue weighted by Gasteiger charge is 2.18. The standard InChI is InChI=1S/C7H14BNO2/c1-2-9-5-3-7(4-6-9)8(10)11/h3,10-11H,2,4-6H2,1H3. The second-order valence-corrected chi connectivity index (χ2v) is 2.80. The van der Waals surface area contributed by atoms with Gasteiger partial charge in [0.2, 0.25) is 0 Å². The second-order valence-electron chi connectivity index (χ2n) is 2.80. The summed E-state index contributed by atoms with van der Waals surface area (Å²) in [5.41, 5.74) is 0.759. The predicted molar refractivity (Wildman–Crippen MR) is 45.0 cm³/mol. The summed E-state index contributed by atoms with van der Waals surface area (Å²) >= 11 is 0. The molecular weight excluding hydrogens is 141 g/mol. The zero-order chi connectivity index (χ0) is 8.27. The van der Waals surface area contributed by atoms with Gasteiger partial charge in [-0.1, -0.05) is 13.0 Å². The fraction of sp³-hybridized carbons (Fsp3) is 0.714. The van der Waals surface area contributed by atoms with Crippen molar-refractivity contribution >= 4 is 7.12 Å². The Morgan fingerprint density at radius 2 is 2.36 bits per heavy atom. The second kappa shape index (κ2) is 3.90. The van der Waals surface area contributed by atoms with Crippen molar-refractivity contribution in [1.29, 1.82) is 0 Å². The third-order valence-electron chi connectivity index (χ3n) is 2.11. The number of nitrogens with zero attached hydrogens (tertiary/aromatic N) is 1. The minimum Gasteiger partial charge on any atom is -0.423 e. The maximum Gasteiger partial charge on any atom is 0.483 e. The first-order valence-electron chi connectivity index (χ1n) is 4.01. The molecule has 0 fully saturated rings. The van der Waals surface area contributed by atoms with Gasteiger partial charge in [0.25, 0.3) is 0 Å². The summed E-state index contributed by atoms with van der Waals surface area (Å²) in [5.74, 6) is 0. The molecule has 1 aliphatic heterocycles. The minimum atomic E-state index is -1.24. The summed E-state index contributed by atoms with van der Waals surface area (Å²) in [6, 6.07) is 0. The first kappa shape index (κ1) is 8.78. The number of hydrogen-bond acceptors (Lipinski definition) is 3. The average Bonchev–Trinajstić information content (AvgIpc) is 2.05. The zero-order valence-electron chi connectivity index (χ0n) is 6.82. The van der Waals surface area contributed by atoms with Crippen LogP contribution in [0.2, 0.25) is 0 Å². The van der Waals surface area contributed by atoms with Gasteiger partial charge >= 0.3 is 7.12 Å². The Morgan fingerprint density at radius 1 is 1.64 bits per heavy atom. The smallest absolute Gasteiger partial charge is 0.423 e. The summed E-state index contributed by atoms with van der Waals surface area (Å²) in [4.78, 5) is 2.26. The van der Waals surface area contributed by atoms with Crippen molar-refractivity contribution in [2.24, 2.45) is 0 Å². The summed E-state index contributed by atoms with van der Waals surface area (Å²) in [7, 11) is -1.24. The minimum absolute atomic E-state index is 0.759. The molecule has 4 heteroatoms. The van der Waals surface area contributed by atoms with Crippen LogP contribution in [0.25, 0.3) is 0 Å². The third-order valence-corrected chi connectivity index (χ3v) is 2.11. The normalized spacial score (nSPS) is 19.7. The molecule has 1 rings (SSSR count). The molecule has 0 aromatic heterocycles. The maximum atomic E-state index is 8.80. The van der Waals surface area contributed by atoms with Crippen LogP contribution in [0.15, 0.2) is 11.5 Å². The Labute approximate surface area is 67.5 Å². The number of likely N-dealkylation sites (N-methyl/N-ethyl adjacent to an activating group) is 1. The van der Waals surface area contributed by atoms with Crippen molar-refractivity contribution in [3.63, 3.8) is 0 Å². The van der Waals surface area contributed by atoms with Crippen LogP contribution >= 0.6 is 0 Å². The molecule has 0 spiro atoms. The van der Waals surface area contributed by atoms with Gasteiger partial charge in [-0.15, -0.1) is 0 Å². The van der Waals surface area contributed by atoms with E-state index in [9.17, 15) is 0 Å². The topological polar surface area (TPSA) is 43.7 Å². The first-order valence-corrected chi connectivity index (χ1v) is 4.01. The van der Waals surface area contributed by atoms with Gasteiger partial charge in [0.15, 0.2) is 0 Å². The first-order chi connectivity index (χ1) is 5.24. The van der Waals surface area contributed by atoms with Crippen LogP contribution in [0, 0.1) is 0 Å². The Morgan fingerprint density at radius 3 is 2.73 bits per heavy atom. The van der Waals surface area contributed by atoms with Crippen LogP contribution < -0.4 is 0 Å². The van der Waals surface area contributed by atoms with Gasteiger partial charge in [-0.2, -0.15) is 0 Å². The zero-order valence-corrected chi connectivity index (χ0v) is 6.82. The molecule has 0 radical (unpaired) electrons. The van der Waals surface area contributed by atoms with E-state index < -0.39 is 7.12 Å². The molecular formula is C7H14BNO2. The molecule has 0 aliphatic carbocycles. The van der Waals surface area contributed by atoms with Gasteiger partial charge in [-0.3, -0.25) is 4.90 Å². The van der Waals surface area contributed by atoms with E-state index in [1.807, 2.05) is 6.08 Å². The van der Waals surface area contributed by atoms with Crippen molar-refractivity contribution in [3.8, 4) is 0 Å². The van der Waals surface area contributed by atoms with E-state index in [-0.39, 0.29) is 0 Å². The molecule has 0 bridgehead atoms. The van der Waals surface area contributed by atoms with Crippen molar-refractivity contribution in [1.82, 2.24) is 4.90 Å². The van der Waals surface area contributed by atoms with Crippen LogP contribution in [-0.4, -0.2) is 41.7 Å². The van der Waals surface area contributed by atoms with E-state index >= 15 is 0 Å². The van der Waals surface area contributed by atoms with E-state index in [1.54, 1.807) is 0 Å². The van der Waals surface area contributed by atoms with Gasteiger partial charge in [-0.25, -0.2) is 0 Å². The Hall–Kier alpha value is -0.315. The van der Waals surface area contributed by atoms with Crippen LogP contribution in [-0.2, 0) is 0 Å². The highest BCUT2D eigenvalue weighted by atomic mass is 16.4. The lowest BCUT2D eigenvalue weighted by molar-refractivity contribution is 0.307. The molecule has 0 atom stereocenters. The van der Waals surface area contributed by atoms with Crippen molar-refractivity contribution < 1.29 is 10.0 Å². The molecule has 0 amide bonds. The number of hydrogen-bond donors (Lipinski definition) is 2. The summed E-state index contributed by atoms with van der Waals surface area (Å²) in [6.07, 6.45) is 2.68. The van der Waals surface area contributed by atoms with Crippen LogP contribution in [0.4, 0.5) is 0 Å². The Kier molecular flexibility index (Phi) is 3.11. The van der Waals surface area contributed by atoms with E-state index in [4.69, 9.17) is 10.0 Å². The van der Waals surface area contributed by atoms with E-state index in [1.165, 1.54) is 0 Å². The Balaban J connectivity index is 2.44. The highest BCUT2D eigenvalue weighted by molar-refractivity contribution is 6.50. The molecule has 3 nitrogen and oxygen atoms in total. The van der Waals surface area contributed by atoms with Gasteiger partial charge in [0, 0.05) is 13.1 Å². The largest absolute Gasteiger partial charge is 0.483 e. The molecule has 0 aromatic rings. The third kappa shape index (κ3) is 2.32. The fourth-order valence-corrected chi connectivity index (χ4v) is 1.25. The molecule has 11 heavy (non-hydrogen) atoms. The summed E-state index contributed by atoms with van der Waals surface area (Å²) in [5, 5.41) is 17.6. The van der Waals surface area contributed by atoms with Crippen LogP contribution in [0.3, 0.4) is 0 Å². The molecule has 1 heterocycles. The van der Waals surface area contributed by atoms with Gasteiger partial charge in [0.1, 0.15) is 0 Å². The number of rotatable bonds is 2. The molecule has 62 valence electrons. The van der Waals surface area contributed by atoms with Gasteiger partial charge in [-0.05, 0) is 18.4 Å². The maximum absolute atomic E-state index is 8.80. The van der Waals surface area contributed by atoms with Crippen molar-refractivity contribution in [2.45, 2.75) is 13.3 Å². The lowest BCUT2D eigenvalue weighted by atomic mass is 9.76. The van der Waals surface area contributed by atoms with Crippen molar-refractivity contribution in [3.05, 3.63) is 11.5 Å². The van der Waals surface area contributed by atoms with Crippen LogP contribution in [0.1, 0.15) is 13.3 Å². The van der Waals surface area contributed by atoms with E-state index in [2.05, 4.69) is 11.8 Å². The molecule has 0 aromatic carbocycles. The molecule has 0 unspecified atom stereocenters. The Bertz CT molecular complexity index is 159. The molecule has 0 saturated carbocycles. The van der Waals surface area contributed by atoms with Gasteiger partial charge in [0.05, 0.1) is 0 Å². The lowest BCUT2D eigenvalue weighted by Gasteiger charge is -2.24. The predicted octanol–water partition coefficient (Wildman–Crippen LogP) is -0.350. The average molecular weight is 155 g/mol. The van der Waals surface area contributed by atoms with E-state index in [0.29, 0.717) is 0 Å². The monoisotopic (exact) mass is 155 g/mol. The van der Waals surface area contributed by atoms with Crippen molar-refractivity contribution in [2.75, 3.05) is 19.6 Å². The molecule has 2 N–H and O–H groups in total. The van der Waals surface area contributed by atoms with E-state index in [0.717, 1.165) is 31.5 Å². The van der Waals surface area contributed by atoms with Gasteiger partial charge < -0.3 is 10.0 Å². The quantitative estimate of drug-likeness (QED) is 0.535. The lowest BCUT2D eigenvalue weighted by Crippen LogP contribution is -2.32. The molecule has 1 aliphatic rings. The summed E-state index contributed by atoms with van der Waals surface area (Å²) < 4.78 is 0. The highest BCUT2D eigenvalue weighted by Crippen LogP contribution is 2.10. The fourth-order valence-electron chi connectivity index (χ4n) is 1.25.